The Labute approximate surface area is 120 Å². The van der Waals surface area contributed by atoms with E-state index < -0.39 is 11.7 Å². The van der Waals surface area contributed by atoms with Gasteiger partial charge in [0.1, 0.15) is 23.7 Å². The lowest BCUT2D eigenvalue weighted by Gasteiger charge is -2.34. The van der Waals surface area contributed by atoms with Crippen molar-refractivity contribution in [1.82, 2.24) is 0 Å². The van der Waals surface area contributed by atoms with Crippen molar-refractivity contribution in [2.45, 2.75) is 11.7 Å². The quantitative estimate of drug-likeness (QED) is 0.687. The second kappa shape index (κ2) is 3.59. The fourth-order valence-electron chi connectivity index (χ4n) is 3.29. The van der Waals surface area contributed by atoms with Crippen molar-refractivity contribution in [2.75, 3.05) is 6.61 Å². The molecule has 0 amide bonds. The number of furan rings is 1. The minimum atomic E-state index is -1.14. The molecule has 0 saturated carbocycles. The fraction of sp³-hybridized carbons (Fsp3) is 0.176. The molecule has 0 saturated heterocycles. The van der Waals surface area contributed by atoms with Crippen molar-refractivity contribution in [3.05, 3.63) is 59.9 Å². The molecule has 0 fully saturated rings. The number of rotatable bonds is 0. The summed E-state index contributed by atoms with van der Waals surface area (Å²) in [5.74, 6) is 1.42. The van der Waals surface area contributed by atoms with Gasteiger partial charge in [-0.15, -0.1) is 0 Å². The second-order valence-corrected chi connectivity index (χ2v) is 5.56. The van der Waals surface area contributed by atoms with Crippen LogP contribution in [0.1, 0.15) is 17.2 Å². The highest BCUT2D eigenvalue weighted by Crippen LogP contribution is 2.53. The Morgan fingerprint density at radius 1 is 1.10 bits per heavy atom. The number of fused-ring (bicyclic) bond motifs is 6. The standard InChI is InChI=1S/C17H12O4/c18-17-9-20-15-8-14-10(5-6-19-14)7-11(15)16(17)21-13-4-2-1-3-12(13)17/h1-8,16,18H,9H2. The number of para-hydroxylation sites is 1. The monoisotopic (exact) mass is 280 g/mol. The molecule has 0 spiro atoms. The molecule has 0 bridgehead atoms. The highest BCUT2D eigenvalue weighted by molar-refractivity contribution is 5.80. The van der Waals surface area contributed by atoms with Gasteiger partial charge < -0.3 is 19.0 Å². The summed E-state index contributed by atoms with van der Waals surface area (Å²) in [4.78, 5) is 0. The van der Waals surface area contributed by atoms with Gasteiger partial charge in [0.15, 0.2) is 11.7 Å². The van der Waals surface area contributed by atoms with Gasteiger partial charge in [-0.1, -0.05) is 18.2 Å². The summed E-state index contributed by atoms with van der Waals surface area (Å²) in [7, 11) is 0. The van der Waals surface area contributed by atoms with Crippen molar-refractivity contribution in [1.29, 1.82) is 0 Å². The number of aliphatic hydroxyl groups is 1. The zero-order chi connectivity index (χ0) is 14.0. The van der Waals surface area contributed by atoms with Crippen LogP contribution in [-0.2, 0) is 5.60 Å². The van der Waals surface area contributed by atoms with Gasteiger partial charge in [-0.05, 0) is 18.2 Å². The maximum absolute atomic E-state index is 11.1. The van der Waals surface area contributed by atoms with E-state index in [-0.39, 0.29) is 6.61 Å². The van der Waals surface area contributed by atoms with Crippen LogP contribution in [0.5, 0.6) is 11.5 Å². The predicted octanol–water partition coefficient (Wildman–Crippen LogP) is 3.15. The molecule has 2 unspecified atom stereocenters. The van der Waals surface area contributed by atoms with Crippen LogP contribution in [0.15, 0.2) is 53.1 Å². The summed E-state index contributed by atoms with van der Waals surface area (Å²) in [6.07, 6.45) is 1.20. The van der Waals surface area contributed by atoms with E-state index in [0.717, 1.165) is 22.1 Å². The molecule has 2 aromatic carbocycles. The number of benzene rings is 2. The Hall–Kier alpha value is -2.46. The van der Waals surface area contributed by atoms with Crippen LogP contribution in [0, 0.1) is 0 Å². The van der Waals surface area contributed by atoms with Crippen LogP contribution in [-0.4, -0.2) is 11.7 Å². The summed E-state index contributed by atoms with van der Waals surface area (Å²) in [5.41, 5.74) is 1.28. The largest absolute Gasteiger partial charge is 0.489 e. The van der Waals surface area contributed by atoms with Gasteiger partial charge in [0, 0.05) is 22.6 Å². The van der Waals surface area contributed by atoms with E-state index >= 15 is 0 Å². The van der Waals surface area contributed by atoms with Gasteiger partial charge >= 0.3 is 0 Å². The average molecular weight is 280 g/mol. The van der Waals surface area contributed by atoms with Crippen LogP contribution in [0.3, 0.4) is 0 Å². The minimum absolute atomic E-state index is 0.174. The van der Waals surface area contributed by atoms with Crippen molar-refractivity contribution in [3.63, 3.8) is 0 Å². The van der Waals surface area contributed by atoms with Gasteiger partial charge in [-0.2, -0.15) is 0 Å². The van der Waals surface area contributed by atoms with Crippen LogP contribution in [0.2, 0.25) is 0 Å². The van der Waals surface area contributed by atoms with E-state index in [9.17, 15) is 5.11 Å². The Morgan fingerprint density at radius 3 is 2.95 bits per heavy atom. The normalized spacial score (nSPS) is 25.7. The van der Waals surface area contributed by atoms with Crippen molar-refractivity contribution in [3.8, 4) is 11.5 Å². The smallest absolute Gasteiger partial charge is 0.168 e. The van der Waals surface area contributed by atoms with Crippen molar-refractivity contribution in [2.24, 2.45) is 0 Å². The van der Waals surface area contributed by atoms with Gasteiger partial charge in [0.05, 0.1) is 6.26 Å². The van der Waals surface area contributed by atoms with Gasteiger partial charge in [0.25, 0.3) is 0 Å². The lowest BCUT2D eigenvalue weighted by Crippen LogP contribution is -2.41. The second-order valence-electron chi connectivity index (χ2n) is 5.56. The Morgan fingerprint density at radius 2 is 2.00 bits per heavy atom. The van der Waals surface area contributed by atoms with Gasteiger partial charge in [-0.25, -0.2) is 0 Å². The molecule has 0 aliphatic carbocycles. The Bertz CT molecular complexity index is 866. The third kappa shape index (κ3) is 1.33. The maximum Gasteiger partial charge on any atom is 0.168 e. The first-order valence-electron chi connectivity index (χ1n) is 6.88. The number of hydrogen-bond donors (Lipinski definition) is 1. The van der Waals surface area contributed by atoms with Crippen molar-refractivity contribution >= 4 is 11.0 Å². The highest BCUT2D eigenvalue weighted by atomic mass is 16.5. The van der Waals surface area contributed by atoms with E-state index in [0.29, 0.717) is 11.5 Å². The molecular weight excluding hydrogens is 268 g/mol. The number of ether oxygens (including phenoxy) is 2. The summed E-state index contributed by atoms with van der Waals surface area (Å²) in [6.45, 7) is 0.174. The van der Waals surface area contributed by atoms with Crippen molar-refractivity contribution < 1.29 is 19.0 Å². The van der Waals surface area contributed by atoms with Gasteiger partial charge in [-0.3, -0.25) is 0 Å². The summed E-state index contributed by atoms with van der Waals surface area (Å²) in [5, 5.41) is 12.0. The maximum atomic E-state index is 11.1. The molecule has 3 aromatic rings. The number of hydrogen-bond acceptors (Lipinski definition) is 4. The molecule has 2 atom stereocenters. The fourth-order valence-corrected chi connectivity index (χ4v) is 3.29. The lowest BCUT2D eigenvalue weighted by atomic mass is 9.84. The average Bonchev–Trinajstić information content (AvgIpc) is 3.07. The molecular formula is C17H12O4. The zero-order valence-electron chi connectivity index (χ0n) is 11.1. The van der Waals surface area contributed by atoms with E-state index in [1.165, 1.54) is 0 Å². The van der Waals surface area contributed by atoms with E-state index in [2.05, 4.69) is 0 Å². The van der Waals surface area contributed by atoms with E-state index in [4.69, 9.17) is 13.9 Å². The third-order valence-corrected chi connectivity index (χ3v) is 4.35. The molecule has 4 nitrogen and oxygen atoms in total. The SMILES string of the molecule is OC12COc3cc4occc4cc3C1Oc1ccccc12. The molecule has 2 aliphatic heterocycles. The summed E-state index contributed by atoms with van der Waals surface area (Å²) >= 11 is 0. The Kier molecular flexibility index (Phi) is 1.92. The molecule has 104 valence electrons. The van der Waals surface area contributed by atoms with Crippen LogP contribution in [0.4, 0.5) is 0 Å². The molecule has 5 rings (SSSR count). The zero-order valence-corrected chi connectivity index (χ0v) is 11.1. The molecule has 1 N–H and O–H groups in total. The molecule has 21 heavy (non-hydrogen) atoms. The van der Waals surface area contributed by atoms with Gasteiger partial charge in [0.2, 0.25) is 0 Å². The first-order chi connectivity index (χ1) is 10.3. The first-order valence-corrected chi connectivity index (χ1v) is 6.88. The molecule has 2 aliphatic rings. The first kappa shape index (κ1) is 11.2. The van der Waals surface area contributed by atoms with E-state index in [1.807, 2.05) is 42.5 Å². The summed E-state index contributed by atoms with van der Waals surface area (Å²) < 4.78 is 17.2. The van der Waals surface area contributed by atoms with Crippen LogP contribution in [0.25, 0.3) is 11.0 Å². The third-order valence-electron chi connectivity index (χ3n) is 4.35. The topological polar surface area (TPSA) is 51.8 Å². The predicted molar refractivity (Wildman–Crippen MR) is 75.4 cm³/mol. The molecule has 1 aromatic heterocycles. The Balaban J connectivity index is 1.75. The summed E-state index contributed by atoms with van der Waals surface area (Å²) in [6, 6.07) is 13.3. The van der Waals surface area contributed by atoms with E-state index in [1.54, 1.807) is 6.26 Å². The molecule has 0 radical (unpaired) electrons. The minimum Gasteiger partial charge on any atom is -0.489 e. The molecule has 3 heterocycles. The van der Waals surface area contributed by atoms with Crippen LogP contribution >= 0.6 is 0 Å². The lowest BCUT2D eigenvalue weighted by molar-refractivity contribution is -0.0862. The highest BCUT2D eigenvalue weighted by Gasteiger charge is 2.52. The van der Waals surface area contributed by atoms with Crippen LogP contribution < -0.4 is 9.47 Å². The molecule has 4 heteroatoms.